The summed E-state index contributed by atoms with van der Waals surface area (Å²) < 4.78 is 24.9. The van der Waals surface area contributed by atoms with E-state index in [4.69, 9.17) is 15.2 Å². The molecule has 0 saturated carbocycles. The lowest BCUT2D eigenvalue weighted by molar-refractivity contribution is 0.0682. The van der Waals surface area contributed by atoms with Crippen molar-refractivity contribution in [1.29, 1.82) is 0 Å². The Kier molecular flexibility index (Phi) is 5.50. The largest absolute Gasteiger partial charge is 0.489 e. The highest BCUT2D eigenvalue weighted by Crippen LogP contribution is 2.27. The zero-order chi connectivity index (χ0) is 17.6. The van der Waals surface area contributed by atoms with Gasteiger partial charge >= 0.3 is 0 Å². The van der Waals surface area contributed by atoms with Gasteiger partial charge < -0.3 is 20.5 Å². The van der Waals surface area contributed by atoms with E-state index in [2.05, 4.69) is 5.32 Å². The number of anilines is 1. The minimum absolute atomic E-state index is 0.0881. The Labute approximate surface area is 145 Å². The van der Waals surface area contributed by atoms with Gasteiger partial charge in [0.2, 0.25) is 5.91 Å². The van der Waals surface area contributed by atoms with Crippen molar-refractivity contribution in [3.8, 4) is 5.75 Å². The van der Waals surface area contributed by atoms with Crippen molar-refractivity contribution in [2.45, 2.75) is 25.5 Å². The molecule has 2 aromatic carbocycles. The summed E-state index contributed by atoms with van der Waals surface area (Å²) in [5.41, 5.74) is 7.15. The van der Waals surface area contributed by atoms with Gasteiger partial charge in [0.1, 0.15) is 18.2 Å². The molecule has 0 unspecified atom stereocenters. The summed E-state index contributed by atoms with van der Waals surface area (Å²) in [6.45, 7) is 1.62. The Balaban J connectivity index is 1.67. The zero-order valence-electron chi connectivity index (χ0n) is 13.8. The van der Waals surface area contributed by atoms with E-state index < -0.39 is 5.91 Å². The minimum Gasteiger partial charge on any atom is -0.489 e. The molecule has 132 valence electrons. The SMILES string of the molecule is NC(=O)c1cccc(CNc2cc(F)ccc2OC[C@H]2CCCO2)c1. The van der Waals surface area contributed by atoms with Crippen molar-refractivity contribution in [2.75, 3.05) is 18.5 Å². The first kappa shape index (κ1) is 17.2. The molecule has 3 N–H and O–H groups in total. The Bertz CT molecular complexity index is 745. The van der Waals surface area contributed by atoms with E-state index in [0.717, 1.165) is 25.0 Å². The second kappa shape index (κ2) is 7.98. The lowest BCUT2D eigenvalue weighted by Crippen LogP contribution is -2.17. The van der Waals surface area contributed by atoms with E-state index in [1.807, 2.05) is 6.07 Å². The maximum atomic E-state index is 13.6. The third-order valence-electron chi connectivity index (χ3n) is 4.08. The van der Waals surface area contributed by atoms with Gasteiger partial charge in [0.05, 0.1) is 11.8 Å². The summed E-state index contributed by atoms with van der Waals surface area (Å²) in [6.07, 6.45) is 2.10. The molecule has 1 aliphatic rings. The zero-order valence-corrected chi connectivity index (χ0v) is 13.8. The summed E-state index contributed by atoms with van der Waals surface area (Å²) in [4.78, 5) is 11.3. The smallest absolute Gasteiger partial charge is 0.248 e. The fourth-order valence-electron chi connectivity index (χ4n) is 2.76. The van der Waals surface area contributed by atoms with Crippen LogP contribution in [0.5, 0.6) is 5.75 Å². The van der Waals surface area contributed by atoms with Crippen LogP contribution in [0.1, 0.15) is 28.8 Å². The molecule has 1 amide bonds. The molecule has 5 nitrogen and oxygen atoms in total. The third kappa shape index (κ3) is 4.70. The molecule has 6 heteroatoms. The van der Waals surface area contributed by atoms with Crippen LogP contribution in [-0.4, -0.2) is 25.2 Å². The number of hydrogen-bond acceptors (Lipinski definition) is 4. The third-order valence-corrected chi connectivity index (χ3v) is 4.08. The number of hydrogen-bond donors (Lipinski definition) is 2. The summed E-state index contributed by atoms with van der Waals surface area (Å²) >= 11 is 0. The lowest BCUT2D eigenvalue weighted by atomic mass is 10.1. The summed E-state index contributed by atoms with van der Waals surface area (Å²) in [6, 6.07) is 11.4. The van der Waals surface area contributed by atoms with Crippen LogP contribution in [0.25, 0.3) is 0 Å². The predicted molar refractivity (Wildman–Crippen MR) is 93.2 cm³/mol. The molecule has 3 rings (SSSR count). The van der Waals surface area contributed by atoms with Gasteiger partial charge in [0.15, 0.2) is 0 Å². The average molecular weight is 344 g/mol. The Morgan fingerprint density at radius 1 is 1.32 bits per heavy atom. The van der Waals surface area contributed by atoms with Crippen LogP contribution in [0.2, 0.25) is 0 Å². The number of nitrogens with one attached hydrogen (secondary N) is 1. The summed E-state index contributed by atoms with van der Waals surface area (Å²) in [7, 11) is 0. The second-order valence-corrected chi connectivity index (χ2v) is 6.00. The van der Waals surface area contributed by atoms with Gasteiger partial charge in [-0.25, -0.2) is 4.39 Å². The molecule has 25 heavy (non-hydrogen) atoms. The predicted octanol–water partition coefficient (Wildman–Crippen LogP) is 3.09. The fraction of sp³-hybridized carbons (Fsp3) is 0.316. The summed E-state index contributed by atoms with van der Waals surface area (Å²) in [5.74, 6) is -0.256. The quantitative estimate of drug-likeness (QED) is 0.809. The molecule has 0 radical (unpaired) electrons. The number of carbonyl (C=O) groups is 1. The average Bonchev–Trinajstić information content (AvgIpc) is 3.13. The van der Waals surface area contributed by atoms with Gasteiger partial charge in [-0.3, -0.25) is 4.79 Å². The van der Waals surface area contributed by atoms with Crippen molar-refractivity contribution >= 4 is 11.6 Å². The number of amides is 1. The molecular weight excluding hydrogens is 323 g/mol. The highest BCUT2D eigenvalue weighted by Gasteiger charge is 2.17. The molecule has 1 atom stereocenters. The first-order valence-electron chi connectivity index (χ1n) is 8.28. The molecular formula is C19H21FN2O3. The van der Waals surface area contributed by atoms with Crippen molar-refractivity contribution in [3.05, 3.63) is 59.4 Å². The van der Waals surface area contributed by atoms with Crippen molar-refractivity contribution < 1.29 is 18.7 Å². The van der Waals surface area contributed by atoms with Crippen LogP contribution < -0.4 is 15.8 Å². The number of primary amides is 1. The molecule has 0 aliphatic carbocycles. The van der Waals surface area contributed by atoms with Gasteiger partial charge in [-0.1, -0.05) is 12.1 Å². The van der Waals surface area contributed by atoms with E-state index in [1.165, 1.54) is 12.1 Å². The van der Waals surface area contributed by atoms with Gasteiger partial charge in [-0.05, 0) is 42.7 Å². The molecule has 2 aromatic rings. The Hall–Kier alpha value is -2.60. The topological polar surface area (TPSA) is 73.6 Å². The van der Waals surface area contributed by atoms with E-state index >= 15 is 0 Å². The van der Waals surface area contributed by atoms with Crippen LogP contribution in [0.4, 0.5) is 10.1 Å². The first-order chi connectivity index (χ1) is 12.1. The minimum atomic E-state index is -0.479. The molecule has 1 aliphatic heterocycles. The van der Waals surface area contributed by atoms with E-state index in [0.29, 0.717) is 30.2 Å². The molecule has 1 heterocycles. The van der Waals surface area contributed by atoms with Crippen LogP contribution in [-0.2, 0) is 11.3 Å². The van der Waals surface area contributed by atoms with Gasteiger partial charge in [0, 0.05) is 24.8 Å². The van der Waals surface area contributed by atoms with Crippen LogP contribution in [0, 0.1) is 5.82 Å². The summed E-state index contributed by atoms with van der Waals surface area (Å²) in [5, 5.41) is 3.15. The number of halogens is 1. The van der Waals surface area contributed by atoms with Crippen molar-refractivity contribution in [3.63, 3.8) is 0 Å². The fourth-order valence-corrected chi connectivity index (χ4v) is 2.76. The highest BCUT2D eigenvalue weighted by molar-refractivity contribution is 5.92. The lowest BCUT2D eigenvalue weighted by Gasteiger charge is -2.16. The van der Waals surface area contributed by atoms with Crippen molar-refractivity contribution in [1.82, 2.24) is 0 Å². The molecule has 1 saturated heterocycles. The van der Waals surface area contributed by atoms with Gasteiger partial charge in [0.25, 0.3) is 0 Å². The van der Waals surface area contributed by atoms with Crippen molar-refractivity contribution in [2.24, 2.45) is 5.73 Å². The van der Waals surface area contributed by atoms with Crippen LogP contribution in [0.15, 0.2) is 42.5 Å². The monoisotopic (exact) mass is 344 g/mol. The molecule has 0 aromatic heterocycles. The Morgan fingerprint density at radius 3 is 2.96 bits per heavy atom. The standard InChI is InChI=1S/C19H21FN2O3/c20-15-6-7-18(25-12-16-5-2-8-24-16)17(10-15)22-11-13-3-1-4-14(9-13)19(21)23/h1,3-4,6-7,9-10,16,22H,2,5,8,11-12H2,(H2,21,23)/t16-/m1/s1. The number of nitrogens with two attached hydrogens (primary N) is 1. The Morgan fingerprint density at radius 2 is 2.20 bits per heavy atom. The number of ether oxygens (including phenoxy) is 2. The van der Waals surface area contributed by atoms with Crippen LogP contribution in [0.3, 0.4) is 0 Å². The number of rotatable bonds is 7. The van der Waals surface area contributed by atoms with Gasteiger partial charge in [-0.15, -0.1) is 0 Å². The maximum Gasteiger partial charge on any atom is 0.248 e. The maximum absolute atomic E-state index is 13.6. The first-order valence-corrected chi connectivity index (χ1v) is 8.28. The molecule has 1 fully saturated rings. The molecule has 0 spiro atoms. The molecule has 0 bridgehead atoms. The second-order valence-electron chi connectivity index (χ2n) is 6.00. The van der Waals surface area contributed by atoms with Gasteiger partial charge in [-0.2, -0.15) is 0 Å². The van der Waals surface area contributed by atoms with E-state index in [1.54, 1.807) is 24.3 Å². The van der Waals surface area contributed by atoms with E-state index in [-0.39, 0.29) is 11.9 Å². The van der Waals surface area contributed by atoms with Crippen LogP contribution >= 0.6 is 0 Å². The number of benzene rings is 2. The van der Waals surface area contributed by atoms with E-state index in [9.17, 15) is 9.18 Å². The number of carbonyl (C=O) groups excluding carboxylic acids is 1. The normalized spacial score (nSPS) is 16.6. The highest BCUT2D eigenvalue weighted by atomic mass is 19.1.